The third-order valence-corrected chi connectivity index (χ3v) is 3.70. The Morgan fingerprint density at radius 2 is 1.82 bits per heavy atom. The number of thioether (sulfide) groups is 1. The molecular formula is C14H24N2S. The summed E-state index contributed by atoms with van der Waals surface area (Å²) >= 11 is 1.89. The van der Waals surface area contributed by atoms with Crippen LogP contribution < -0.4 is 10.6 Å². The Kier molecular flexibility index (Phi) is 6.03. The van der Waals surface area contributed by atoms with Gasteiger partial charge in [0.25, 0.3) is 0 Å². The highest BCUT2D eigenvalue weighted by atomic mass is 32.2. The van der Waals surface area contributed by atoms with Crippen LogP contribution in [0.1, 0.15) is 26.3 Å². The van der Waals surface area contributed by atoms with Crippen molar-refractivity contribution in [3.63, 3.8) is 0 Å². The van der Waals surface area contributed by atoms with Crippen molar-refractivity contribution >= 4 is 11.8 Å². The topological polar surface area (TPSA) is 24.1 Å². The Bertz CT molecular complexity index is 319. The number of likely N-dealkylation sites (N-methyl/N-ethyl adjacent to an activating group) is 1. The van der Waals surface area contributed by atoms with Crippen LogP contribution in [0, 0.1) is 0 Å². The first-order valence-corrected chi connectivity index (χ1v) is 7.17. The maximum absolute atomic E-state index is 3.48. The summed E-state index contributed by atoms with van der Waals surface area (Å²) < 4.78 is 0. The molecule has 0 atom stereocenters. The molecule has 0 fully saturated rings. The van der Waals surface area contributed by atoms with Crippen molar-refractivity contribution in [2.24, 2.45) is 0 Å². The second-order valence-electron chi connectivity index (χ2n) is 4.81. The molecule has 0 aromatic heterocycles. The standard InChI is InChI=1S/C14H24N2S/c1-5-17-13-8-6-12(7-9-13)10-16-11-14(2,3)15-4/h6-9,15-16H,5,10-11H2,1-4H3. The monoisotopic (exact) mass is 252 g/mol. The summed E-state index contributed by atoms with van der Waals surface area (Å²) in [6.45, 7) is 8.47. The minimum absolute atomic E-state index is 0.151. The Hall–Kier alpha value is -0.510. The molecule has 0 heterocycles. The number of rotatable bonds is 7. The average molecular weight is 252 g/mol. The lowest BCUT2D eigenvalue weighted by molar-refractivity contribution is 0.393. The van der Waals surface area contributed by atoms with Gasteiger partial charge in [0.2, 0.25) is 0 Å². The van der Waals surface area contributed by atoms with Crippen molar-refractivity contribution in [2.75, 3.05) is 19.3 Å². The van der Waals surface area contributed by atoms with Gasteiger partial charge in [0, 0.05) is 23.5 Å². The second-order valence-corrected chi connectivity index (χ2v) is 6.15. The summed E-state index contributed by atoms with van der Waals surface area (Å²) in [4.78, 5) is 1.35. The molecule has 1 aromatic rings. The van der Waals surface area contributed by atoms with Crippen molar-refractivity contribution < 1.29 is 0 Å². The summed E-state index contributed by atoms with van der Waals surface area (Å²) in [5, 5.41) is 6.76. The smallest absolute Gasteiger partial charge is 0.0246 e. The minimum Gasteiger partial charge on any atom is -0.314 e. The van der Waals surface area contributed by atoms with Gasteiger partial charge in [-0.15, -0.1) is 11.8 Å². The Balaban J connectivity index is 2.37. The maximum Gasteiger partial charge on any atom is 0.0246 e. The van der Waals surface area contributed by atoms with Crippen LogP contribution in [0.25, 0.3) is 0 Å². The van der Waals surface area contributed by atoms with Gasteiger partial charge in [-0.2, -0.15) is 0 Å². The molecule has 0 aliphatic carbocycles. The summed E-state index contributed by atoms with van der Waals surface area (Å²) in [6, 6.07) is 8.82. The summed E-state index contributed by atoms with van der Waals surface area (Å²) in [6.07, 6.45) is 0. The van der Waals surface area contributed by atoms with E-state index in [9.17, 15) is 0 Å². The predicted molar refractivity (Wildman–Crippen MR) is 77.7 cm³/mol. The van der Waals surface area contributed by atoms with Crippen molar-refractivity contribution in [3.8, 4) is 0 Å². The quantitative estimate of drug-likeness (QED) is 0.730. The van der Waals surface area contributed by atoms with Crippen LogP contribution in [0.4, 0.5) is 0 Å². The van der Waals surface area contributed by atoms with Crippen LogP contribution in [0.5, 0.6) is 0 Å². The van der Waals surface area contributed by atoms with Gasteiger partial charge in [-0.1, -0.05) is 19.1 Å². The predicted octanol–water partition coefficient (Wildman–Crippen LogP) is 2.89. The first-order valence-electron chi connectivity index (χ1n) is 6.19. The highest BCUT2D eigenvalue weighted by Gasteiger charge is 2.12. The Morgan fingerprint density at radius 1 is 1.18 bits per heavy atom. The van der Waals surface area contributed by atoms with Gasteiger partial charge in [-0.3, -0.25) is 0 Å². The molecule has 17 heavy (non-hydrogen) atoms. The molecule has 3 heteroatoms. The molecule has 2 nitrogen and oxygen atoms in total. The van der Waals surface area contributed by atoms with Crippen molar-refractivity contribution in [1.29, 1.82) is 0 Å². The molecule has 0 unspecified atom stereocenters. The van der Waals surface area contributed by atoms with Crippen molar-refractivity contribution in [2.45, 2.75) is 37.8 Å². The van der Waals surface area contributed by atoms with Gasteiger partial charge < -0.3 is 10.6 Å². The van der Waals surface area contributed by atoms with Gasteiger partial charge in [0.05, 0.1) is 0 Å². The van der Waals surface area contributed by atoms with E-state index in [4.69, 9.17) is 0 Å². The SMILES string of the molecule is CCSc1ccc(CNCC(C)(C)NC)cc1. The molecule has 96 valence electrons. The lowest BCUT2D eigenvalue weighted by Crippen LogP contribution is -2.45. The number of nitrogens with one attached hydrogen (secondary N) is 2. The minimum atomic E-state index is 0.151. The lowest BCUT2D eigenvalue weighted by Gasteiger charge is -2.24. The van der Waals surface area contributed by atoms with E-state index in [-0.39, 0.29) is 5.54 Å². The van der Waals surface area contributed by atoms with Crippen LogP contribution in [0.2, 0.25) is 0 Å². The highest BCUT2D eigenvalue weighted by Crippen LogP contribution is 2.17. The van der Waals surface area contributed by atoms with E-state index in [0.29, 0.717) is 0 Å². The zero-order valence-corrected chi connectivity index (χ0v) is 12.2. The molecule has 1 aromatic carbocycles. The lowest BCUT2D eigenvalue weighted by atomic mass is 10.1. The van der Waals surface area contributed by atoms with Crippen LogP contribution in [-0.2, 0) is 6.54 Å². The van der Waals surface area contributed by atoms with E-state index in [1.54, 1.807) is 0 Å². The molecule has 0 radical (unpaired) electrons. The second kappa shape index (κ2) is 7.04. The molecular weight excluding hydrogens is 228 g/mol. The molecule has 1 rings (SSSR count). The van der Waals surface area contributed by atoms with Crippen LogP contribution in [0.3, 0.4) is 0 Å². The molecule has 0 saturated heterocycles. The van der Waals surface area contributed by atoms with Crippen LogP contribution in [-0.4, -0.2) is 24.9 Å². The zero-order valence-electron chi connectivity index (χ0n) is 11.3. The third-order valence-electron chi connectivity index (χ3n) is 2.81. The van der Waals surface area contributed by atoms with E-state index in [1.807, 2.05) is 18.8 Å². The van der Waals surface area contributed by atoms with E-state index in [0.717, 1.165) is 18.8 Å². The number of hydrogen-bond acceptors (Lipinski definition) is 3. The van der Waals surface area contributed by atoms with E-state index in [2.05, 4.69) is 55.7 Å². The summed E-state index contributed by atoms with van der Waals surface area (Å²) in [5.41, 5.74) is 1.50. The normalized spacial score (nSPS) is 11.8. The molecule has 0 bridgehead atoms. The fraction of sp³-hybridized carbons (Fsp3) is 0.571. The van der Waals surface area contributed by atoms with Gasteiger partial charge >= 0.3 is 0 Å². The first kappa shape index (κ1) is 14.6. The molecule has 2 N–H and O–H groups in total. The average Bonchev–Trinajstić information content (AvgIpc) is 2.32. The van der Waals surface area contributed by atoms with E-state index < -0.39 is 0 Å². The maximum atomic E-state index is 3.48. The van der Waals surface area contributed by atoms with Crippen LogP contribution >= 0.6 is 11.8 Å². The Morgan fingerprint density at radius 3 is 2.35 bits per heavy atom. The van der Waals surface area contributed by atoms with Gasteiger partial charge in [-0.25, -0.2) is 0 Å². The van der Waals surface area contributed by atoms with E-state index >= 15 is 0 Å². The van der Waals surface area contributed by atoms with E-state index in [1.165, 1.54) is 10.5 Å². The first-order chi connectivity index (χ1) is 8.07. The molecule has 0 aliphatic rings. The van der Waals surface area contributed by atoms with Crippen molar-refractivity contribution in [3.05, 3.63) is 29.8 Å². The zero-order chi connectivity index (χ0) is 12.7. The number of hydrogen-bond donors (Lipinski definition) is 2. The Labute approximate surface area is 110 Å². The fourth-order valence-corrected chi connectivity index (χ4v) is 2.14. The largest absolute Gasteiger partial charge is 0.314 e. The molecule has 0 aliphatic heterocycles. The number of benzene rings is 1. The van der Waals surface area contributed by atoms with Crippen LogP contribution in [0.15, 0.2) is 29.2 Å². The fourth-order valence-electron chi connectivity index (χ4n) is 1.48. The molecule has 0 saturated carbocycles. The molecule has 0 amide bonds. The van der Waals surface area contributed by atoms with Gasteiger partial charge in [0.1, 0.15) is 0 Å². The van der Waals surface area contributed by atoms with Gasteiger partial charge in [-0.05, 0) is 44.3 Å². The molecule has 0 spiro atoms. The summed E-state index contributed by atoms with van der Waals surface area (Å²) in [7, 11) is 2.00. The van der Waals surface area contributed by atoms with Crippen molar-refractivity contribution in [1.82, 2.24) is 10.6 Å². The highest BCUT2D eigenvalue weighted by molar-refractivity contribution is 7.99. The third kappa shape index (κ3) is 5.57. The summed E-state index contributed by atoms with van der Waals surface area (Å²) in [5.74, 6) is 1.13. The van der Waals surface area contributed by atoms with Gasteiger partial charge in [0.15, 0.2) is 0 Å².